The summed E-state index contributed by atoms with van der Waals surface area (Å²) in [6.45, 7) is 9.40. The second-order valence-electron chi connectivity index (χ2n) is 15.0. The van der Waals surface area contributed by atoms with Crippen LogP contribution in [0.2, 0.25) is 0 Å². The third-order valence-corrected chi connectivity index (χ3v) is 12.5. The van der Waals surface area contributed by atoms with Crippen molar-refractivity contribution in [1.29, 1.82) is 0 Å². The zero-order valence-electron chi connectivity index (χ0n) is 29.8. The van der Waals surface area contributed by atoms with Crippen LogP contribution in [0.1, 0.15) is 44.7 Å². The number of aromatic nitrogens is 6. The molecule has 0 spiro atoms. The number of halogens is 2. The first kappa shape index (κ1) is 32.9. The van der Waals surface area contributed by atoms with E-state index >= 15 is 8.78 Å². The average molecular weight is 739 g/mol. The number of anilines is 2. The van der Waals surface area contributed by atoms with Crippen LogP contribution >= 0.6 is 11.3 Å². The summed E-state index contributed by atoms with van der Waals surface area (Å²) >= 11 is 1.19. The number of benzene rings is 2. The molecule has 2 aliphatic heterocycles. The lowest BCUT2D eigenvalue weighted by molar-refractivity contribution is 0.270. The molecule has 10 rings (SSSR count). The van der Waals surface area contributed by atoms with Crippen molar-refractivity contribution < 1.29 is 8.78 Å². The van der Waals surface area contributed by atoms with Crippen molar-refractivity contribution in [2.45, 2.75) is 44.7 Å². The Labute approximate surface area is 307 Å². The molecule has 15 heteroatoms. The number of piperazine rings is 2. The van der Waals surface area contributed by atoms with E-state index in [1.807, 2.05) is 24.5 Å². The number of hydrogen-bond acceptors (Lipinski definition) is 10. The van der Waals surface area contributed by atoms with Crippen LogP contribution < -0.4 is 20.7 Å². The molecule has 12 nitrogen and oxygen atoms in total. The highest BCUT2D eigenvalue weighted by Crippen LogP contribution is 2.41. The number of nitrogens with zero attached hydrogens (tertiary/aromatic N) is 10. The van der Waals surface area contributed by atoms with Crippen molar-refractivity contribution in [2.24, 2.45) is 0 Å². The fourth-order valence-corrected chi connectivity index (χ4v) is 8.92. The minimum absolute atomic E-state index is 0.192. The van der Waals surface area contributed by atoms with E-state index in [1.54, 1.807) is 0 Å². The molecule has 0 radical (unpaired) electrons. The summed E-state index contributed by atoms with van der Waals surface area (Å²) in [6.07, 6.45) is 7.52. The van der Waals surface area contributed by atoms with Crippen LogP contribution in [0.5, 0.6) is 0 Å². The largest absolute Gasteiger partial charge is 0.367 e. The molecule has 2 saturated carbocycles. The Morgan fingerprint density at radius 3 is 1.79 bits per heavy atom. The molecule has 53 heavy (non-hydrogen) atoms. The van der Waals surface area contributed by atoms with Gasteiger partial charge in [0, 0.05) is 87.6 Å². The van der Waals surface area contributed by atoms with Gasteiger partial charge in [-0.1, -0.05) is 18.3 Å². The number of hydrogen-bond donors (Lipinski definition) is 0. The van der Waals surface area contributed by atoms with Gasteiger partial charge in [-0.25, -0.2) is 8.78 Å². The van der Waals surface area contributed by atoms with Gasteiger partial charge in [0.25, 0.3) is 0 Å². The second-order valence-corrected chi connectivity index (χ2v) is 16.0. The molecule has 0 bridgehead atoms. The molecule has 6 heterocycles. The lowest BCUT2D eigenvalue weighted by Crippen LogP contribution is -2.46. The Balaban J connectivity index is 1.06. The van der Waals surface area contributed by atoms with E-state index in [2.05, 4.69) is 52.9 Å². The van der Waals surface area contributed by atoms with Gasteiger partial charge in [-0.3, -0.25) is 9.59 Å². The summed E-state index contributed by atoms with van der Waals surface area (Å²) in [5, 5.41) is 14.5. The minimum atomic E-state index is -0.420. The fraction of sp³-hybridized carbons (Fsp3) is 0.447. The maximum Gasteiger partial charge on any atom is 0.235 e. The first-order valence-corrected chi connectivity index (χ1v) is 19.5. The van der Waals surface area contributed by atoms with Crippen LogP contribution in [0.4, 0.5) is 20.2 Å². The normalized spacial score (nSPS) is 19.0. The molecule has 274 valence electrons. The Morgan fingerprint density at radius 2 is 1.25 bits per heavy atom. The topological polar surface area (TPSA) is 100 Å². The van der Waals surface area contributed by atoms with Gasteiger partial charge < -0.3 is 28.7 Å². The molecular formula is C38H40F2N10O2S. The Hall–Kier alpha value is -4.73. The first-order chi connectivity index (χ1) is 25.7. The van der Waals surface area contributed by atoms with Crippen molar-refractivity contribution in [3.63, 3.8) is 0 Å². The summed E-state index contributed by atoms with van der Waals surface area (Å²) in [5.74, 6) is -0.600. The smallest absolute Gasteiger partial charge is 0.235 e. The number of likely N-dealkylation sites (N-methyl/N-ethyl adjacent to an activating group) is 2. The fourth-order valence-electron chi connectivity index (χ4n) is 8.07. The zero-order chi connectivity index (χ0) is 36.1. The third kappa shape index (κ3) is 5.54. The summed E-state index contributed by atoms with van der Waals surface area (Å²) in [7, 11) is 2.06. The van der Waals surface area contributed by atoms with Crippen molar-refractivity contribution in [3.8, 4) is 22.0 Å². The number of pyridine rings is 2. The summed E-state index contributed by atoms with van der Waals surface area (Å²) in [5.41, 5.74) is 2.42. The molecule has 2 aromatic carbocycles. The van der Waals surface area contributed by atoms with Crippen LogP contribution in [0, 0.1) is 11.6 Å². The van der Waals surface area contributed by atoms with Gasteiger partial charge in [0.2, 0.25) is 10.4 Å². The first-order valence-electron chi connectivity index (χ1n) is 18.7. The van der Waals surface area contributed by atoms with Crippen molar-refractivity contribution in [3.05, 3.63) is 68.7 Å². The van der Waals surface area contributed by atoms with Crippen molar-refractivity contribution >= 4 is 49.5 Å². The Morgan fingerprint density at radius 1 is 0.717 bits per heavy atom. The monoisotopic (exact) mass is 738 g/mol. The van der Waals surface area contributed by atoms with E-state index in [0.29, 0.717) is 37.8 Å². The third-order valence-electron chi connectivity index (χ3n) is 11.5. The minimum Gasteiger partial charge on any atom is -0.367 e. The summed E-state index contributed by atoms with van der Waals surface area (Å²) in [6, 6.07) is 6.82. The molecule has 6 aromatic rings. The van der Waals surface area contributed by atoms with Gasteiger partial charge in [0.15, 0.2) is 16.3 Å². The van der Waals surface area contributed by atoms with Crippen molar-refractivity contribution in [2.75, 3.05) is 75.8 Å². The zero-order valence-corrected chi connectivity index (χ0v) is 30.6. The molecule has 2 aliphatic carbocycles. The maximum atomic E-state index is 15.8. The van der Waals surface area contributed by atoms with Crippen LogP contribution in [-0.4, -0.2) is 105 Å². The van der Waals surface area contributed by atoms with E-state index < -0.39 is 11.6 Å². The van der Waals surface area contributed by atoms with Crippen LogP contribution in [0.15, 0.2) is 46.2 Å². The maximum absolute atomic E-state index is 15.8. The SMILES string of the molecule is CCN1CCN(c2cc3c(cc2F)c(=O)c(-c2nnc4sc(-c5cn(C6CC6)c6cc(N7CCN(C)CC7)c(F)cc6c5=O)nn24)cn3C2CC2)CC1. The van der Waals surface area contributed by atoms with Gasteiger partial charge in [-0.15, -0.1) is 10.2 Å². The van der Waals surface area contributed by atoms with Gasteiger partial charge in [0.1, 0.15) is 11.6 Å². The van der Waals surface area contributed by atoms with Gasteiger partial charge in [-0.2, -0.15) is 9.61 Å². The Bertz CT molecular complexity index is 2550. The average Bonchev–Trinajstić information content (AvgIpc) is 4.10. The van der Waals surface area contributed by atoms with Gasteiger partial charge in [-0.05, 0) is 63.5 Å². The molecule has 2 saturated heterocycles. The number of fused-ring (bicyclic) bond motifs is 3. The molecular weight excluding hydrogens is 699 g/mol. The van der Waals surface area contributed by atoms with Gasteiger partial charge in [0.05, 0.1) is 33.5 Å². The highest BCUT2D eigenvalue weighted by Gasteiger charge is 2.31. The van der Waals surface area contributed by atoms with E-state index in [4.69, 9.17) is 5.10 Å². The predicted octanol–water partition coefficient (Wildman–Crippen LogP) is 4.99. The standard InChI is InChI=1S/C38H40F2N10O2S/c1-3-45-10-14-47(15-11-45)33-18-30-24(16-28(33)39)34(51)26(20-48(30)22-4-5-22)36-41-42-38-50(36)43-37(53-38)27-21-49(23-6-7-23)31-19-32(29(40)17-25(31)35(27)52)46-12-8-44(2)9-13-46/h16-23H,3-15H2,1-2H3. The van der Waals surface area contributed by atoms with E-state index in [-0.39, 0.29) is 39.7 Å². The molecule has 0 amide bonds. The van der Waals surface area contributed by atoms with E-state index in [9.17, 15) is 9.59 Å². The lowest BCUT2D eigenvalue weighted by Gasteiger charge is -2.35. The molecule has 4 fully saturated rings. The van der Waals surface area contributed by atoms with Crippen molar-refractivity contribution in [1.82, 2.24) is 38.7 Å². The highest BCUT2D eigenvalue weighted by atomic mass is 32.1. The van der Waals surface area contributed by atoms with Gasteiger partial charge >= 0.3 is 0 Å². The van der Waals surface area contributed by atoms with Crippen LogP contribution in [0.25, 0.3) is 48.7 Å². The molecule has 4 aliphatic rings. The second kappa shape index (κ2) is 12.4. The number of rotatable bonds is 7. The molecule has 4 aromatic heterocycles. The van der Waals surface area contributed by atoms with Crippen LogP contribution in [-0.2, 0) is 0 Å². The lowest BCUT2D eigenvalue weighted by atomic mass is 10.1. The quantitative estimate of drug-likeness (QED) is 0.224. The Kier molecular flexibility index (Phi) is 7.71. The summed E-state index contributed by atoms with van der Waals surface area (Å²) < 4.78 is 37.2. The van der Waals surface area contributed by atoms with Crippen LogP contribution in [0.3, 0.4) is 0 Å². The molecule has 0 N–H and O–H groups in total. The van der Waals surface area contributed by atoms with E-state index in [1.165, 1.54) is 28.0 Å². The molecule has 0 atom stereocenters. The van der Waals surface area contributed by atoms with E-state index in [0.717, 1.165) is 90.1 Å². The summed E-state index contributed by atoms with van der Waals surface area (Å²) in [4.78, 5) is 37.4. The molecule has 0 unspecified atom stereocenters. The predicted molar refractivity (Wildman–Crippen MR) is 204 cm³/mol. The highest BCUT2D eigenvalue weighted by molar-refractivity contribution is 7.19.